The summed E-state index contributed by atoms with van der Waals surface area (Å²) in [6, 6.07) is 8.35. The molecule has 3 rings (SSSR count). The topological polar surface area (TPSA) is 128 Å². The summed E-state index contributed by atoms with van der Waals surface area (Å²) in [6.07, 6.45) is -0.525. The summed E-state index contributed by atoms with van der Waals surface area (Å²) in [4.78, 5) is 51.7. The molecule has 11 heteroatoms. The molecule has 172 valence electrons. The van der Waals surface area contributed by atoms with Gasteiger partial charge >= 0.3 is 12.1 Å². The van der Waals surface area contributed by atoms with E-state index in [1.54, 1.807) is 0 Å². The fourth-order valence-corrected chi connectivity index (χ4v) is 4.71. The van der Waals surface area contributed by atoms with E-state index in [0.29, 0.717) is 18.7 Å². The van der Waals surface area contributed by atoms with Gasteiger partial charge in [-0.15, -0.1) is 11.8 Å². The smallest absolute Gasteiger partial charge is 0.407 e. The molecular weight excluding hydrogens is 436 g/mol. The summed E-state index contributed by atoms with van der Waals surface area (Å²) in [5, 5.41) is 14.4. The SMILES string of the molecule is CN(C)CCNC(=O)OCC1=C(C(=O)O)N2C(=O)C(NC(=O)Cc3ccccc3)[C@H]2SC1. The molecule has 3 amide bonds. The Balaban J connectivity index is 1.59. The Morgan fingerprint density at radius 1 is 1.25 bits per heavy atom. The number of alkyl carbamates (subject to hydrolysis) is 1. The number of nitrogens with zero attached hydrogens (tertiary/aromatic N) is 2. The molecule has 1 fully saturated rings. The highest BCUT2D eigenvalue weighted by molar-refractivity contribution is 8.00. The van der Waals surface area contributed by atoms with Crippen LogP contribution in [0.2, 0.25) is 0 Å². The summed E-state index contributed by atoms with van der Waals surface area (Å²) in [5.41, 5.74) is 0.969. The number of β-lactam (4-membered cyclic amide) rings is 1. The molecule has 0 radical (unpaired) electrons. The zero-order chi connectivity index (χ0) is 23.3. The normalized spacial score (nSPS) is 19.8. The molecule has 10 nitrogen and oxygen atoms in total. The van der Waals surface area contributed by atoms with Gasteiger partial charge in [-0.05, 0) is 19.7 Å². The third-order valence-corrected chi connectivity index (χ3v) is 6.32. The van der Waals surface area contributed by atoms with Gasteiger partial charge in [-0.1, -0.05) is 30.3 Å². The molecule has 2 aliphatic rings. The predicted octanol–water partition coefficient (Wildman–Crippen LogP) is 0.256. The van der Waals surface area contributed by atoms with Gasteiger partial charge in [-0.25, -0.2) is 9.59 Å². The molecule has 0 aliphatic carbocycles. The Labute approximate surface area is 190 Å². The number of fused-ring (bicyclic) bond motifs is 1. The van der Waals surface area contributed by atoms with Gasteiger partial charge in [0.25, 0.3) is 5.91 Å². The van der Waals surface area contributed by atoms with Crippen molar-refractivity contribution in [3.63, 3.8) is 0 Å². The van der Waals surface area contributed by atoms with E-state index in [1.165, 1.54) is 11.8 Å². The van der Waals surface area contributed by atoms with Crippen LogP contribution in [0.4, 0.5) is 4.79 Å². The third kappa shape index (κ3) is 5.60. The molecule has 3 N–H and O–H groups in total. The molecular formula is C21H26N4O6S. The van der Waals surface area contributed by atoms with Gasteiger partial charge in [0.05, 0.1) is 6.42 Å². The lowest BCUT2D eigenvalue weighted by molar-refractivity contribution is -0.150. The first kappa shape index (κ1) is 23.6. The highest BCUT2D eigenvalue weighted by Gasteiger charge is 2.54. The highest BCUT2D eigenvalue weighted by atomic mass is 32.2. The number of hydrogen-bond donors (Lipinski definition) is 3. The van der Waals surface area contributed by atoms with Crippen molar-refractivity contribution in [2.45, 2.75) is 17.8 Å². The van der Waals surface area contributed by atoms with E-state index >= 15 is 0 Å². The molecule has 1 unspecified atom stereocenters. The Kier molecular flexibility index (Phi) is 7.75. The summed E-state index contributed by atoms with van der Waals surface area (Å²) in [5.74, 6) is -1.80. The van der Waals surface area contributed by atoms with E-state index in [-0.39, 0.29) is 30.4 Å². The standard InChI is InChI=1S/C21H26N4O6S/c1-24(2)9-8-22-21(30)31-11-14-12-32-19-16(18(27)25(19)17(14)20(28)29)23-15(26)10-13-6-4-3-5-7-13/h3-7,16,19H,8-12H2,1-2H3,(H,22,30)(H,23,26)(H,28,29)/t16?,19-/m1/s1. The Morgan fingerprint density at radius 3 is 2.62 bits per heavy atom. The Bertz CT molecular complexity index is 920. The van der Waals surface area contributed by atoms with Crippen molar-refractivity contribution in [3.05, 3.63) is 47.2 Å². The first-order valence-corrected chi connectivity index (χ1v) is 11.1. The summed E-state index contributed by atoms with van der Waals surface area (Å²) < 4.78 is 5.13. The lowest BCUT2D eigenvalue weighted by Gasteiger charge is -2.49. The second-order valence-corrected chi connectivity index (χ2v) is 8.79. The van der Waals surface area contributed by atoms with Gasteiger partial charge < -0.3 is 25.4 Å². The highest BCUT2D eigenvalue weighted by Crippen LogP contribution is 2.40. The number of thioether (sulfide) groups is 1. The van der Waals surface area contributed by atoms with Crippen molar-refractivity contribution < 1.29 is 29.0 Å². The van der Waals surface area contributed by atoms with Gasteiger partial charge in [0.2, 0.25) is 5.91 Å². The number of carbonyl (C=O) groups is 4. The number of likely N-dealkylation sites (N-methyl/N-ethyl adjacent to an activating group) is 1. The van der Waals surface area contributed by atoms with E-state index in [9.17, 15) is 24.3 Å². The molecule has 2 aliphatic heterocycles. The Morgan fingerprint density at radius 2 is 1.97 bits per heavy atom. The maximum atomic E-state index is 12.7. The van der Waals surface area contributed by atoms with Crippen LogP contribution < -0.4 is 10.6 Å². The number of aliphatic carboxylic acids is 1. The minimum absolute atomic E-state index is 0.131. The fourth-order valence-electron chi connectivity index (χ4n) is 3.39. The molecule has 32 heavy (non-hydrogen) atoms. The van der Waals surface area contributed by atoms with Gasteiger partial charge in [-0.2, -0.15) is 0 Å². The molecule has 0 spiro atoms. The van der Waals surface area contributed by atoms with E-state index in [4.69, 9.17) is 4.74 Å². The molecule has 0 bridgehead atoms. The number of carboxylic acid groups (broad SMARTS) is 1. The van der Waals surface area contributed by atoms with E-state index in [1.807, 2.05) is 49.3 Å². The van der Waals surface area contributed by atoms with Crippen LogP contribution in [-0.2, 0) is 25.5 Å². The van der Waals surface area contributed by atoms with E-state index in [2.05, 4.69) is 10.6 Å². The monoisotopic (exact) mass is 462 g/mol. The number of carbonyl (C=O) groups excluding carboxylic acids is 3. The van der Waals surface area contributed by atoms with Crippen LogP contribution in [0.1, 0.15) is 5.56 Å². The van der Waals surface area contributed by atoms with Gasteiger partial charge in [0.15, 0.2) is 0 Å². The van der Waals surface area contributed by atoms with Gasteiger partial charge in [0.1, 0.15) is 23.7 Å². The molecule has 0 aromatic heterocycles. The van der Waals surface area contributed by atoms with Crippen LogP contribution in [0.25, 0.3) is 0 Å². The second-order valence-electron chi connectivity index (χ2n) is 7.68. The van der Waals surface area contributed by atoms with Gasteiger partial charge in [0, 0.05) is 24.4 Å². The zero-order valence-corrected chi connectivity index (χ0v) is 18.7. The predicted molar refractivity (Wildman–Crippen MR) is 118 cm³/mol. The average Bonchev–Trinajstić information content (AvgIpc) is 2.75. The molecule has 2 atom stereocenters. The van der Waals surface area contributed by atoms with Crippen LogP contribution in [0.5, 0.6) is 0 Å². The zero-order valence-electron chi connectivity index (χ0n) is 17.9. The van der Waals surface area contributed by atoms with E-state index in [0.717, 1.165) is 10.5 Å². The Hall–Kier alpha value is -3.05. The van der Waals surface area contributed by atoms with Crippen molar-refractivity contribution in [1.29, 1.82) is 0 Å². The van der Waals surface area contributed by atoms with Crippen LogP contribution >= 0.6 is 11.8 Å². The summed E-state index contributed by atoms with van der Waals surface area (Å²) >= 11 is 1.33. The summed E-state index contributed by atoms with van der Waals surface area (Å²) in [6.45, 7) is 0.793. The third-order valence-electron chi connectivity index (χ3n) is 4.98. The number of ether oxygens (including phenoxy) is 1. The number of nitrogens with one attached hydrogen (secondary N) is 2. The number of hydrogen-bond acceptors (Lipinski definition) is 7. The fraction of sp³-hybridized carbons (Fsp3) is 0.429. The van der Waals surface area contributed by atoms with Crippen molar-refractivity contribution in [1.82, 2.24) is 20.4 Å². The van der Waals surface area contributed by atoms with Crippen molar-refractivity contribution >= 4 is 35.6 Å². The van der Waals surface area contributed by atoms with E-state index < -0.39 is 29.4 Å². The quantitative estimate of drug-likeness (QED) is 0.446. The first-order valence-electron chi connectivity index (χ1n) is 10.1. The van der Waals surface area contributed by atoms with Crippen LogP contribution in [-0.4, -0.2) is 89.7 Å². The minimum atomic E-state index is -1.27. The number of carboxylic acids is 1. The largest absolute Gasteiger partial charge is 0.477 e. The van der Waals surface area contributed by atoms with Crippen LogP contribution in [0.3, 0.4) is 0 Å². The molecule has 1 aromatic carbocycles. The second kappa shape index (κ2) is 10.5. The molecule has 1 saturated heterocycles. The van der Waals surface area contributed by atoms with Crippen LogP contribution in [0, 0.1) is 0 Å². The number of rotatable bonds is 9. The minimum Gasteiger partial charge on any atom is -0.477 e. The molecule has 0 saturated carbocycles. The summed E-state index contributed by atoms with van der Waals surface area (Å²) in [7, 11) is 3.74. The lowest BCUT2D eigenvalue weighted by Crippen LogP contribution is -2.70. The van der Waals surface area contributed by atoms with Gasteiger partial charge in [-0.3, -0.25) is 14.5 Å². The molecule has 2 heterocycles. The lowest BCUT2D eigenvalue weighted by atomic mass is 10.0. The molecule has 1 aromatic rings. The number of benzene rings is 1. The maximum absolute atomic E-state index is 12.7. The first-order chi connectivity index (χ1) is 15.3. The van der Waals surface area contributed by atoms with Crippen molar-refractivity contribution in [2.75, 3.05) is 39.5 Å². The maximum Gasteiger partial charge on any atom is 0.407 e. The van der Waals surface area contributed by atoms with Crippen molar-refractivity contribution in [2.24, 2.45) is 0 Å². The van der Waals surface area contributed by atoms with Crippen molar-refractivity contribution in [3.8, 4) is 0 Å². The average molecular weight is 463 g/mol. The number of amides is 3. The van der Waals surface area contributed by atoms with Crippen LogP contribution in [0.15, 0.2) is 41.6 Å².